The molecule has 0 saturated carbocycles. The van der Waals surface area contributed by atoms with Gasteiger partial charge in [-0.3, -0.25) is 4.79 Å². The summed E-state index contributed by atoms with van der Waals surface area (Å²) >= 11 is 3.18. The Kier molecular flexibility index (Phi) is 4.39. The Hall–Kier alpha value is -0.0900. The average Bonchev–Trinajstić information content (AvgIpc) is 1.83. The summed E-state index contributed by atoms with van der Waals surface area (Å²) in [5.41, 5.74) is -1.53. The molecule has 0 aliphatic rings. The molecule has 0 saturated heterocycles. The van der Waals surface area contributed by atoms with E-state index in [1.807, 2.05) is 0 Å². The van der Waals surface area contributed by atoms with Gasteiger partial charge in [-0.25, -0.2) is 0 Å². The molecule has 0 heterocycles. The second kappa shape index (κ2) is 4.42. The van der Waals surface area contributed by atoms with Gasteiger partial charge < -0.3 is 10.4 Å². The van der Waals surface area contributed by atoms with Crippen LogP contribution in [0.25, 0.3) is 0 Å². The molecular formula is C9H18BrNO2. The number of hydrogen-bond acceptors (Lipinski definition) is 2. The summed E-state index contributed by atoms with van der Waals surface area (Å²) in [5, 5.41) is 13.2. The number of amides is 1. The van der Waals surface area contributed by atoms with Crippen LogP contribution < -0.4 is 5.32 Å². The van der Waals surface area contributed by atoms with E-state index >= 15 is 0 Å². The fraction of sp³-hybridized carbons (Fsp3) is 0.889. The van der Waals surface area contributed by atoms with Crippen LogP contribution in [0, 0.1) is 0 Å². The maximum Gasteiger partial charge on any atom is 0.221 e. The zero-order valence-electron chi connectivity index (χ0n) is 8.65. The summed E-state index contributed by atoms with van der Waals surface area (Å²) in [7, 11) is 0. The Balaban J connectivity index is 4.26. The summed E-state index contributed by atoms with van der Waals surface area (Å²) in [4.78, 5) is 11.3. The van der Waals surface area contributed by atoms with Gasteiger partial charge in [0.1, 0.15) is 0 Å². The first kappa shape index (κ1) is 12.9. The van der Waals surface area contributed by atoms with Gasteiger partial charge in [0.2, 0.25) is 5.91 Å². The second-order valence-electron chi connectivity index (χ2n) is 4.17. The predicted octanol–water partition coefficient (Wildman–Crippen LogP) is 1.44. The van der Waals surface area contributed by atoms with Crippen LogP contribution in [0.5, 0.6) is 0 Å². The van der Waals surface area contributed by atoms with E-state index in [0.29, 0.717) is 11.8 Å². The highest BCUT2D eigenvalue weighted by Crippen LogP contribution is 2.20. The molecule has 1 amide bonds. The molecule has 2 N–H and O–H groups in total. The zero-order valence-corrected chi connectivity index (χ0v) is 10.2. The molecule has 13 heavy (non-hydrogen) atoms. The van der Waals surface area contributed by atoms with E-state index in [-0.39, 0.29) is 5.91 Å². The lowest BCUT2D eigenvalue weighted by molar-refractivity contribution is -0.125. The highest BCUT2D eigenvalue weighted by atomic mass is 79.9. The highest BCUT2D eigenvalue weighted by molar-refractivity contribution is 9.09. The maximum absolute atomic E-state index is 11.3. The van der Waals surface area contributed by atoms with Gasteiger partial charge in [0.05, 0.1) is 11.1 Å². The largest absolute Gasteiger partial charge is 0.388 e. The molecule has 0 bridgehead atoms. The Bertz CT molecular complexity index is 185. The molecular weight excluding hydrogens is 234 g/mol. The van der Waals surface area contributed by atoms with Crippen LogP contribution in [0.3, 0.4) is 0 Å². The summed E-state index contributed by atoms with van der Waals surface area (Å²) in [5.74, 6) is -0.0519. The number of carbonyl (C=O) groups is 1. The van der Waals surface area contributed by atoms with E-state index < -0.39 is 11.1 Å². The van der Waals surface area contributed by atoms with Crippen LogP contribution in [0.2, 0.25) is 0 Å². The third-order valence-corrected chi connectivity index (χ3v) is 2.70. The standard InChI is InChI=1S/C9H18BrNO2/c1-8(2,9(3,4)13)11-7(12)5-6-10/h13H,5-6H2,1-4H3,(H,11,12). The number of aliphatic hydroxyl groups is 1. The van der Waals surface area contributed by atoms with Crippen molar-refractivity contribution < 1.29 is 9.90 Å². The van der Waals surface area contributed by atoms with Gasteiger partial charge in [-0.05, 0) is 27.7 Å². The predicted molar refractivity (Wildman–Crippen MR) is 56.9 cm³/mol. The van der Waals surface area contributed by atoms with E-state index in [1.54, 1.807) is 27.7 Å². The molecule has 0 fully saturated rings. The molecule has 4 heteroatoms. The number of halogens is 1. The van der Waals surface area contributed by atoms with Crippen LogP contribution in [-0.4, -0.2) is 27.5 Å². The summed E-state index contributed by atoms with van der Waals surface area (Å²) in [6, 6.07) is 0. The van der Waals surface area contributed by atoms with Crippen molar-refractivity contribution >= 4 is 21.8 Å². The Morgan fingerprint density at radius 1 is 1.38 bits per heavy atom. The number of nitrogens with one attached hydrogen (secondary N) is 1. The van der Waals surface area contributed by atoms with E-state index in [4.69, 9.17) is 0 Å². The SMILES string of the molecule is CC(C)(O)C(C)(C)NC(=O)CCBr. The van der Waals surface area contributed by atoms with Gasteiger partial charge in [-0.1, -0.05) is 15.9 Å². The quantitative estimate of drug-likeness (QED) is 0.744. The van der Waals surface area contributed by atoms with Crippen molar-refractivity contribution in [3.8, 4) is 0 Å². The molecule has 0 spiro atoms. The first-order chi connectivity index (χ1) is 5.70. The molecule has 3 nitrogen and oxygen atoms in total. The number of hydrogen-bond donors (Lipinski definition) is 2. The van der Waals surface area contributed by atoms with Crippen LogP contribution in [-0.2, 0) is 4.79 Å². The molecule has 78 valence electrons. The van der Waals surface area contributed by atoms with Crippen LogP contribution in [0.4, 0.5) is 0 Å². The lowest BCUT2D eigenvalue weighted by Crippen LogP contribution is -2.57. The van der Waals surface area contributed by atoms with Gasteiger partial charge in [-0.2, -0.15) is 0 Å². The third-order valence-electron chi connectivity index (χ3n) is 2.30. The van der Waals surface area contributed by atoms with Crippen molar-refractivity contribution in [2.45, 2.75) is 45.3 Å². The molecule has 0 unspecified atom stereocenters. The van der Waals surface area contributed by atoms with Crippen molar-refractivity contribution in [1.29, 1.82) is 0 Å². The monoisotopic (exact) mass is 251 g/mol. The maximum atomic E-state index is 11.3. The first-order valence-electron chi connectivity index (χ1n) is 4.30. The normalized spacial score (nSPS) is 12.8. The average molecular weight is 252 g/mol. The molecule has 0 aromatic carbocycles. The van der Waals surface area contributed by atoms with Gasteiger partial charge in [0.25, 0.3) is 0 Å². The zero-order chi connectivity index (χ0) is 10.7. The second-order valence-corrected chi connectivity index (χ2v) is 4.96. The van der Waals surface area contributed by atoms with Crippen LogP contribution in [0.1, 0.15) is 34.1 Å². The molecule has 0 radical (unpaired) electrons. The fourth-order valence-corrected chi connectivity index (χ4v) is 1.01. The summed E-state index contributed by atoms with van der Waals surface area (Å²) < 4.78 is 0. The third kappa shape index (κ3) is 4.09. The molecule has 0 aliphatic heterocycles. The molecule has 0 rings (SSSR count). The Morgan fingerprint density at radius 3 is 2.15 bits per heavy atom. The molecule has 0 atom stereocenters. The number of rotatable bonds is 4. The van der Waals surface area contributed by atoms with E-state index in [0.717, 1.165) is 0 Å². The lowest BCUT2D eigenvalue weighted by atomic mass is 9.86. The van der Waals surface area contributed by atoms with Crippen molar-refractivity contribution in [2.75, 3.05) is 5.33 Å². The van der Waals surface area contributed by atoms with E-state index in [1.165, 1.54) is 0 Å². The minimum atomic E-state index is -0.922. The van der Waals surface area contributed by atoms with Crippen molar-refractivity contribution in [1.82, 2.24) is 5.32 Å². The van der Waals surface area contributed by atoms with Gasteiger partial charge in [-0.15, -0.1) is 0 Å². The van der Waals surface area contributed by atoms with Gasteiger partial charge in [0, 0.05) is 11.8 Å². The van der Waals surface area contributed by atoms with Gasteiger partial charge >= 0.3 is 0 Å². The smallest absolute Gasteiger partial charge is 0.221 e. The van der Waals surface area contributed by atoms with Crippen molar-refractivity contribution in [2.24, 2.45) is 0 Å². The van der Waals surface area contributed by atoms with Crippen molar-refractivity contribution in [3.05, 3.63) is 0 Å². The number of alkyl halides is 1. The first-order valence-corrected chi connectivity index (χ1v) is 5.42. The van der Waals surface area contributed by atoms with Gasteiger partial charge in [0.15, 0.2) is 0 Å². The minimum absolute atomic E-state index is 0.0519. The molecule has 0 aromatic rings. The van der Waals surface area contributed by atoms with Crippen LogP contribution in [0.15, 0.2) is 0 Å². The topological polar surface area (TPSA) is 49.3 Å². The minimum Gasteiger partial charge on any atom is -0.388 e. The van der Waals surface area contributed by atoms with E-state index in [2.05, 4.69) is 21.2 Å². The molecule has 0 aromatic heterocycles. The van der Waals surface area contributed by atoms with Crippen LogP contribution >= 0.6 is 15.9 Å². The highest BCUT2D eigenvalue weighted by Gasteiger charge is 2.35. The number of carbonyl (C=O) groups excluding carboxylic acids is 1. The Morgan fingerprint density at radius 2 is 1.85 bits per heavy atom. The summed E-state index contributed by atoms with van der Waals surface area (Å²) in [6.45, 7) is 6.97. The van der Waals surface area contributed by atoms with Crippen molar-refractivity contribution in [3.63, 3.8) is 0 Å². The van der Waals surface area contributed by atoms with E-state index in [9.17, 15) is 9.90 Å². The lowest BCUT2D eigenvalue weighted by Gasteiger charge is -2.37. The molecule has 0 aliphatic carbocycles. The fourth-order valence-electron chi connectivity index (χ4n) is 0.650. The summed E-state index contributed by atoms with van der Waals surface area (Å²) in [6.07, 6.45) is 0.430. The Labute approximate surface area is 88.0 Å².